The highest BCUT2D eigenvalue weighted by Gasteiger charge is 2.35. The summed E-state index contributed by atoms with van der Waals surface area (Å²) in [6.45, 7) is 9.34. The lowest BCUT2D eigenvalue weighted by Crippen LogP contribution is -2.21. The summed E-state index contributed by atoms with van der Waals surface area (Å²) in [6, 6.07) is 55.6. The fourth-order valence-corrected chi connectivity index (χ4v) is 8.66. The second-order valence-electron chi connectivity index (χ2n) is 14.1. The van der Waals surface area contributed by atoms with Gasteiger partial charge in [0.15, 0.2) is 0 Å². The molecule has 238 valence electrons. The van der Waals surface area contributed by atoms with Gasteiger partial charge >= 0.3 is 0 Å². The van der Waals surface area contributed by atoms with Gasteiger partial charge in [-0.3, -0.25) is 4.99 Å². The number of para-hydroxylation sites is 3. The first kappa shape index (κ1) is 28.8. The molecule has 50 heavy (non-hydrogen) atoms. The number of anilines is 2. The van der Waals surface area contributed by atoms with E-state index in [-0.39, 0.29) is 5.41 Å². The van der Waals surface area contributed by atoms with Crippen LogP contribution in [-0.4, -0.2) is 11.3 Å². The molecule has 0 saturated heterocycles. The fraction of sp³-hybridized carbons (Fsp3) is 0.0851. The zero-order valence-corrected chi connectivity index (χ0v) is 28.2. The minimum Gasteiger partial charge on any atom is -0.335 e. The molecule has 1 aromatic heterocycles. The molecule has 1 aliphatic carbocycles. The van der Waals surface area contributed by atoms with E-state index in [1.54, 1.807) is 0 Å². The van der Waals surface area contributed by atoms with E-state index in [0.717, 1.165) is 23.6 Å². The van der Waals surface area contributed by atoms with E-state index in [1.165, 1.54) is 77.6 Å². The Morgan fingerprint density at radius 2 is 1.28 bits per heavy atom. The Kier molecular flexibility index (Phi) is 6.13. The second-order valence-corrected chi connectivity index (χ2v) is 14.1. The van der Waals surface area contributed by atoms with Crippen LogP contribution in [0.4, 0.5) is 17.1 Å². The maximum atomic E-state index is 4.41. The molecule has 0 spiro atoms. The average molecular weight is 642 g/mol. The second kappa shape index (κ2) is 10.7. The highest BCUT2D eigenvalue weighted by molar-refractivity contribution is 6.13. The minimum absolute atomic E-state index is 0.00705. The molecule has 0 fully saturated rings. The number of nitrogens with zero attached hydrogens (tertiary/aromatic N) is 3. The molecule has 3 heteroatoms. The van der Waals surface area contributed by atoms with Crippen molar-refractivity contribution in [3.8, 4) is 39.1 Å². The van der Waals surface area contributed by atoms with Crippen LogP contribution in [-0.2, 0) is 12.0 Å². The highest BCUT2D eigenvalue weighted by atomic mass is 15.2. The van der Waals surface area contributed by atoms with Gasteiger partial charge in [0.2, 0.25) is 0 Å². The van der Waals surface area contributed by atoms with Crippen molar-refractivity contribution in [1.29, 1.82) is 0 Å². The van der Waals surface area contributed by atoms with Gasteiger partial charge in [-0.2, -0.15) is 0 Å². The standard InChI is InChI=1S/C47H35N3/c1-47(2)40-19-8-6-17-35(40)37-26-31(23-24-41(37)47)30-14-12-15-33(25-30)50-43-21-10-7-18-36(43)39-27-45-38(28-46(39)50)34-16-5-4-13-32(34)29-49(45)44-22-11-9-20-42(44)48-3/h4-28H,3,29H2,1-2H3. The van der Waals surface area contributed by atoms with Crippen LogP contribution in [0.1, 0.15) is 30.5 Å². The first-order chi connectivity index (χ1) is 24.5. The third-order valence-electron chi connectivity index (χ3n) is 11.1. The van der Waals surface area contributed by atoms with Crippen LogP contribution in [0.25, 0.3) is 60.9 Å². The molecule has 0 N–H and O–H groups in total. The smallest absolute Gasteiger partial charge is 0.0859 e. The Labute approximate surface area is 292 Å². The van der Waals surface area contributed by atoms with Crippen molar-refractivity contribution < 1.29 is 0 Å². The van der Waals surface area contributed by atoms with Crippen LogP contribution < -0.4 is 4.90 Å². The predicted molar refractivity (Wildman–Crippen MR) is 211 cm³/mol. The van der Waals surface area contributed by atoms with E-state index in [4.69, 9.17) is 0 Å². The molecule has 0 radical (unpaired) electrons. The van der Waals surface area contributed by atoms with Crippen molar-refractivity contribution in [2.24, 2.45) is 4.99 Å². The molecule has 8 aromatic rings. The molecule has 0 atom stereocenters. The molecule has 2 heterocycles. The Hall–Kier alpha value is -6.19. The van der Waals surface area contributed by atoms with Crippen LogP contribution in [0.2, 0.25) is 0 Å². The van der Waals surface area contributed by atoms with Crippen LogP contribution in [0, 0.1) is 0 Å². The molecule has 0 unspecified atom stereocenters. The molecule has 10 rings (SSSR count). The number of aliphatic imine (C=N–C) groups is 1. The zero-order chi connectivity index (χ0) is 33.6. The zero-order valence-electron chi connectivity index (χ0n) is 28.2. The van der Waals surface area contributed by atoms with Crippen LogP contribution in [0.3, 0.4) is 0 Å². The lowest BCUT2D eigenvalue weighted by molar-refractivity contribution is 0.660. The molecule has 7 aromatic carbocycles. The molecular weight excluding hydrogens is 607 g/mol. The van der Waals surface area contributed by atoms with Gasteiger partial charge in [0.25, 0.3) is 0 Å². The summed E-state index contributed by atoms with van der Waals surface area (Å²) in [6.07, 6.45) is 0. The van der Waals surface area contributed by atoms with E-state index >= 15 is 0 Å². The quantitative estimate of drug-likeness (QED) is 0.175. The third-order valence-corrected chi connectivity index (χ3v) is 11.1. The van der Waals surface area contributed by atoms with Crippen LogP contribution in [0.5, 0.6) is 0 Å². The number of hydrogen-bond donors (Lipinski definition) is 0. The summed E-state index contributed by atoms with van der Waals surface area (Å²) in [5.41, 5.74) is 18.4. The van der Waals surface area contributed by atoms with E-state index in [0.29, 0.717) is 0 Å². The summed E-state index contributed by atoms with van der Waals surface area (Å²) in [5.74, 6) is 0. The molecule has 3 nitrogen and oxygen atoms in total. The van der Waals surface area contributed by atoms with Crippen molar-refractivity contribution >= 4 is 45.6 Å². The fourth-order valence-electron chi connectivity index (χ4n) is 8.66. The first-order valence-electron chi connectivity index (χ1n) is 17.4. The van der Waals surface area contributed by atoms with E-state index in [2.05, 4.69) is 175 Å². The van der Waals surface area contributed by atoms with Crippen molar-refractivity contribution in [3.63, 3.8) is 0 Å². The summed E-state index contributed by atoms with van der Waals surface area (Å²) in [5, 5.41) is 2.47. The van der Waals surface area contributed by atoms with E-state index < -0.39 is 0 Å². The van der Waals surface area contributed by atoms with Crippen molar-refractivity contribution in [2.75, 3.05) is 4.90 Å². The summed E-state index contributed by atoms with van der Waals surface area (Å²) in [4.78, 5) is 6.81. The van der Waals surface area contributed by atoms with Gasteiger partial charge in [-0.25, -0.2) is 0 Å². The minimum atomic E-state index is -0.00705. The van der Waals surface area contributed by atoms with Crippen molar-refractivity contribution in [2.45, 2.75) is 25.8 Å². The van der Waals surface area contributed by atoms with Crippen LogP contribution in [0.15, 0.2) is 157 Å². The molecule has 0 bridgehead atoms. The van der Waals surface area contributed by atoms with Crippen molar-refractivity contribution in [1.82, 2.24) is 4.57 Å². The summed E-state index contributed by atoms with van der Waals surface area (Å²) < 4.78 is 2.45. The predicted octanol–water partition coefficient (Wildman–Crippen LogP) is 12.4. The monoisotopic (exact) mass is 641 g/mol. The van der Waals surface area contributed by atoms with Gasteiger partial charge < -0.3 is 9.47 Å². The van der Waals surface area contributed by atoms with Gasteiger partial charge in [0, 0.05) is 34.0 Å². The lowest BCUT2D eigenvalue weighted by atomic mass is 9.82. The maximum Gasteiger partial charge on any atom is 0.0859 e. The highest BCUT2D eigenvalue weighted by Crippen LogP contribution is 2.51. The van der Waals surface area contributed by atoms with Gasteiger partial charge in [-0.05, 0) is 99.8 Å². The SMILES string of the molecule is C=Nc1ccccc1N1Cc2ccccc2-c2cc3c(cc21)c1ccccc1n3-c1cccc(-c2ccc3c(c2)-c2ccccc2C3(C)C)c1. The largest absolute Gasteiger partial charge is 0.335 e. The summed E-state index contributed by atoms with van der Waals surface area (Å²) in [7, 11) is 0. The molecule has 0 saturated carbocycles. The molecule has 0 amide bonds. The van der Waals surface area contributed by atoms with E-state index in [1.807, 2.05) is 12.1 Å². The van der Waals surface area contributed by atoms with Gasteiger partial charge in [0.1, 0.15) is 0 Å². The molecular formula is C47H35N3. The Bertz CT molecular complexity index is 2690. The lowest BCUT2D eigenvalue weighted by Gasteiger charge is -2.34. The Morgan fingerprint density at radius 1 is 0.540 bits per heavy atom. The van der Waals surface area contributed by atoms with E-state index in [9.17, 15) is 0 Å². The Morgan fingerprint density at radius 3 is 2.18 bits per heavy atom. The number of rotatable bonds is 4. The normalized spacial score (nSPS) is 13.9. The maximum absolute atomic E-state index is 4.41. The van der Waals surface area contributed by atoms with Gasteiger partial charge in [0.05, 0.1) is 28.1 Å². The van der Waals surface area contributed by atoms with Crippen LogP contribution >= 0.6 is 0 Å². The summed E-state index contributed by atoms with van der Waals surface area (Å²) >= 11 is 0. The van der Waals surface area contributed by atoms with Crippen molar-refractivity contribution in [3.05, 3.63) is 168 Å². The molecule has 2 aliphatic rings. The molecule has 1 aliphatic heterocycles. The number of aromatic nitrogens is 1. The third kappa shape index (κ3) is 4.07. The number of benzene rings is 7. The Balaban J connectivity index is 1.18. The van der Waals surface area contributed by atoms with Gasteiger partial charge in [-0.1, -0.05) is 117 Å². The number of hydrogen-bond acceptors (Lipinski definition) is 2. The number of fused-ring (bicyclic) bond motifs is 9. The topological polar surface area (TPSA) is 20.5 Å². The first-order valence-corrected chi connectivity index (χ1v) is 17.4. The van der Waals surface area contributed by atoms with Gasteiger partial charge in [-0.15, -0.1) is 0 Å². The average Bonchev–Trinajstić information content (AvgIpc) is 3.61.